The maximum Gasteiger partial charge on any atom is 0.335 e. The Hall–Kier alpha value is -3.08. The molecule has 4 rings (SSSR count). The van der Waals surface area contributed by atoms with Crippen LogP contribution in [-0.4, -0.2) is 115 Å². The molecule has 0 aromatic heterocycles. The molecule has 0 unspecified atom stereocenters. The van der Waals surface area contributed by atoms with Crippen LogP contribution in [0.15, 0.2) is 42.2 Å². The molecule has 1 saturated heterocycles. The predicted molar refractivity (Wildman–Crippen MR) is 126 cm³/mol. The first-order chi connectivity index (χ1) is 18.4. The number of aliphatic hydroxyl groups excluding tert-OH is 5. The van der Waals surface area contributed by atoms with Crippen molar-refractivity contribution in [1.29, 1.82) is 0 Å². The standard InChI is InChI=1S/C25H30O14/c26-8-15-19(30)20(31)21(32)24(38-15)39-23-18-17(13(9-36-23)22(33)34)14(28)7-25(18,35)10-37-16(29)6-3-11-1-4-12(27)5-2-11/h1-6,9,14-15,17-21,23-24,26-28,30-32,35H,7-8,10H2,(H,33,34)/b6-3+/t14-,15+,17-,18+,19+,20-,21+,23-,24-,25-/m0/s1. The third-order valence-electron chi connectivity index (χ3n) is 7.10. The minimum Gasteiger partial charge on any atom is -0.508 e. The average molecular weight is 555 g/mol. The average Bonchev–Trinajstić information content (AvgIpc) is 3.18. The van der Waals surface area contributed by atoms with Crippen molar-refractivity contribution in [2.24, 2.45) is 11.8 Å². The lowest BCUT2D eigenvalue weighted by Crippen LogP contribution is -2.61. The largest absolute Gasteiger partial charge is 0.508 e. The lowest BCUT2D eigenvalue weighted by molar-refractivity contribution is -0.347. The number of phenolic OH excluding ortho intramolecular Hbond substituents is 1. The lowest BCUT2D eigenvalue weighted by Gasteiger charge is -2.44. The Bertz CT molecular complexity index is 1100. The number of carbonyl (C=O) groups is 2. The summed E-state index contributed by atoms with van der Waals surface area (Å²) in [7, 11) is 0. The number of fused-ring (bicyclic) bond motifs is 1. The van der Waals surface area contributed by atoms with Crippen LogP contribution in [0.1, 0.15) is 12.0 Å². The Morgan fingerprint density at radius 1 is 1.05 bits per heavy atom. The third kappa shape index (κ3) is 5.92. The molecule has 214 valence electrons. The number of ether oxygens (including phenoxy) is 4. The zero-order valence-corrected chi connectivity index (χ0v) is 20.4. The highest BCUT2D eigenvalue weighted by Gasteiger charge is 2.62. The fourth-order valence-corrected chi connectivity index (χ4v) is 5.10. The molecule has 1 aliphatic carbocycles. The van der Waals surface area contributed by atoms with E-state index in [2.05, 4.69) is 0 Å². The van der Waals surface area contributed by atoms with Crippen LogP contribution in [0.4, 0.5) is 0 Å². The van der Waals surface area contributed by atoms with E-state index >= 15 is 0 Å². The van der Waals surface area contributed by atoms with Gasteiger partial charge in [-0.25, -0.2) is 9.59 Å². The van der Waals surface area contributed by atoms with Crippen LogP contribution in [-0.2, 0) is 28.5 Å². The van der Waals surface area contributed by atoms with E-state index in [9.17, 15) is 50.4 Å². The molecule has 0 amide bonds. The summed E-state index contributed by atoms with van der Waals surface area (Å²) in [5.74, 6) is -4.87. The molecule has 2 heterocycles. The molecule has 39 heavy (non-hydrogen) atoms. The first-order valence-corrected chi connectivity index (χ1v) is 12.0. The summed E-state index contributed by atoms with van der Waals surface area (Å²) >= 11 is 0. The molecule has 8 N–H and O–H groups in total. The number of aliphatic hydroxyl groups is 6. The van der Waals surface area contributed by atoms with Crippen molar-refractivity contribution in [3.63, 3.8) is 0 Å². The monoisotopic (exact) mass is 554 g/mol. The summed E-state index contributed by atoms with van der Waals surface area (Å²) in [6, 6.07) is 5.93. The van der Waals surface area contributed by atoms with Crippen LogP contribution in [0.25, 0.3) is 6.08 Å². The number of benzene rings is 1. The van der Waals surface area contributed by atoms with Gasteiger partial charge in [0, 0.05) is 18.4 Å². The molecule has 2 fully saturated rings. The number of carboxylic acids is 1. The van der Waals surface area contributed by atoms with E-state index in [1.165, 1.54) is 18.2 Å². The van der Waals surface area contributed by atoms with Gasteiger partial charge in [0.2, 0.25) is 6.29 Å². The van der Waals surface area contributed by atoms with E-state index in [1.807, 2.05) is 0 Å². The maximum atomic E-state index is 12.3. The molecule has 0 bridgehead atoms. The van der Waals surface area contributed by atoms with Gasteiger partial charge in [-0.15, -0.1) is 0 Å². The van der Waals surface area contributed by atoms with Gasteiger partial charge in [-0.05, 0) is 23.8 Å². The van der Waals surface area contributed by atoms with Crippen molar-refractivity contribution in [2.75, 3.05) is 13.2 Å². The molecule has 0 radical (unpaired) electrons. The number of aromatic hydroxyl groups is 1. The Morgan fingerprint density at radius 3 is 2.38 bits per heavy atom. The van der Waals surface area contributed by atoms with E-state index in [0.29, 0.717) is 5.56 Å². The predicted octanol–water partition coefficient (Wildman–Crippen LogP) is -2.18. The van der Waals surface area contributed by atoms with Gasteiger partial charge in [0.1, 0.15) is 42.4 Å². The highest BCUT2D eigenvalue weighted by molar-refractivity contribution is 5.88. The second-order valence-electron chi connectivity index (χ2n) is 9.68. The van der Waals surface area contributed by atoms with Crippen LogP contribution in [0.2, 0.25) is 0 Å². The minimum absolute atomic E-state index is 0.0382. The van der Waals surface area contributed by atoms with Gasteiger partial charge in [-0.1, -0.05) is 12.1 Å². The molecule has 10 atom stereocenters. The van der Waals surface area contributed by atoms with Gasteiger partial charge >= 0.3 is 11.9 Å². The molecule has 1 aromatic carbocycles. The van der Waals surface area contributed by atoms with Gasteiger partial charge in [0.25, 0.3) is 0 Å². The fourth-order valence-electron chi connectivity index (χ4n) is 5.10. The Morgan fingerprint density at radius 2 is 1.74 bits per heavy atom. The molecule has 1 aromatic rings. The number of carboxylic acid groups (broad SMARTS) is 1. The van der Waals surface area contributed by atoms with E-state index in [-0.39, 0.29) is 11.3 Å². The van der Waals surface area contributed by atoms with Crippen LogP contribution in [0, 0.1) is 11.8 Å². The van der Waals surface area contributed by atoms with Crippen LogP contribution < -0.4 is 0 Å². The number of esters is 1. The van der Waals surface area contributed by atoms with Crippen molar-refractivity contribution >= 4 is 18.0 Å². The van der Waals surface area contributed by atoms with Gasteiger partial charge in [0.05, 0.1) is 30.5 Å². The first-order valence-electron chi connectivity index (χ1n) is 12.0. The zero-order valence-electron chi connectivity index (χ0n) is 20.4. The van der Waals surface area contributed by atoms with Gasteiger partial charge < -0.3 is 59.8 Å². The van der Waals surface area contributed by atoms with Gasteiger partial charge in [-0.2, -0.15) is 0 Å². The quantitative estimate of drug-likeness (QED) is 0.126. The summed E-state index contributed by atoms with van der Waals surface area (Å²) in [6.45, 7) is -1.43. The molecule has 0 spiro atoms. The molecular weight excluding hydrogens is 524 g/mol. The van der Waals surface area contributed by atoms with E-state index in [4.69, 9.17) is 18.9 Å². The highest BCUT2D eigenvalue weighted by Crippen LogP contribution is 2.50. The Labute approximate surface area is 221 Å². The number of phenols is 1. The topological polar surface area (TPSA) is 233 Å². The van der Waals surface area contributed by atoms with Crippen LogP contribution in [0.3, 0.4) is 0 Å². The van der Waals surface area contributed by atoms with Crippen molar-refractivity contribution < 1.29 is 69.4 Å². The fraction of sp³-hybridized carbons (Fsp3) is 0.520. The second kappa shape index (κ2) is 11.6. The van der Waals surface area contributed by atoms with Crippen LogP contribution in [0.5, 0.6) is 5.75 Å². The molecule has 2 aliphatic heterocycles. The number of hydrogen-bond acceptors (Lipinski definition) is 13. The van der Waals surface area contributed by atoms with Crippen molar-refractivity contribution in [3.05, 3.63) is 47.7 Å². The van der Waals surface area contributed by atoms with Gasteiger partial charge in [0.15, 0.2) is 6.29 Å². The van der Waals surface area contributed by atoms with Crippen molar-refractivity contribution in [2.45, 2.75) is 55.1 Å². The summed E-state index contributed by atoms with van der Waals surface area (Å²) in [5, 5.41) is 81.0. The SMILES string of the molecule is O=C(/C=C/c1ccc(O)cc1)OC[C@@]1(O)C[C@H](O)[C@@H]2C(C(=O)O)=CO[C@@H](O[C@@H]3O[C@H](CO)[C@@H](O)[C@H](O)[C@H]3O)[C@@H]21. The number of aliphatic carboxylic acids is 1. The van der Waals surface area contributed by atoms with E-state index in [0.717, 1.165) is 12.3 Å². The summed E-state index contributed by atoms with van der Waals surface area (Å²) in [5.41, 5.74) is -1.87. The second-order valence-corrected chi connectivity index (χ2v) is 9.68. The molecule has 14 heteroatoms. The van der Waals surface area contributed by atoms with Crippen molar-refractivity contribution in [1.82, 2.24) is 0 Å². The normalized spacial score (nSPS) is 38.1. The van der Waals surface area contributed by atoms with Crippen LogP contribution >= 0.6 is 0 Å². The zero-order chi connectivity index (χ0) is 28.5. The maximum absolute atomic E-state index is 12.3. The number of carbonyl (C=O) groups excluding carboxylic acids is 1. The third-order valence-corrected chi connectivity index (χ3v) is 7.10. The van der Waals surface area contributed by atoms with Crippen molar-refractivity contribution in [3.8, 4) is 5.75 Å². The smallest absolute Gasteiger partial charge is 0.335 e. The molecule has 3 aliphatic rings. The summed E-state index contributed by atoms with van der Waals surface area (Å²) in [4.78, 5) is 24.2. The Balaban J connectivity index is 1.53. The molecule has 1 saturated carbocycles. The minimum atomic E-state index is -2.07. The summed E-state index contributed by atoms with van der Waals surface area (Å²) < 4.78 is 21.6. The van der Waals surface area contributed by atoms with E-state index < -0.39 is 92.1 Å². The summed E-state index contributed by atoms with van der Waals surface area (Å²) in [6.07, 6.45) is -8.40. The van der Waals surface area contributed by atoms with E-state index in [1.54, 1.807) is 12.1 Å². The van der Waals surface area contributed by atoms with Gasteiger partial charge in [-0.3, -0.25) is 0 Å². The lowest BCUT2D eigenvalue weighted by atomic mass is 9.80. The Kier molecular flexibility index (Phi) is 8.58. The molecular formula is C25H30O14. The number of rotatable bonds is 8. The first kappa shape index (κ1) is 28.9. The number of hydrogen-bond donors (Lipinski definition) is 8. The highest BCUT2D eigenvalue weighted by atomic mass is 16.8. The molecule has 14 nitrogen and oxygen atoms in total.